The maximum atomic E-state index is 11.5. The number of rotatable bonds is 2. The van der Waals surface area contributed by atoms with Gasteiger partial charge in [0.25, 0.3) is 0 Å². The van der Waals surface area contributed by atoms with Gasteiger partial charge in [-0.1, -0.05) is 0 Å². The monoisotopic (exact) mass is 270 g/mol. The first kappa shape index (κ1) is 12.7. The number of piperidine rings is 1. The second kappa shape index (κ2) is 5.00. The lowest BCUT2D eigenvalue weighted by Crippen LogP contribution is -2.43. The number of fused-ring (bicyclic) bond motifs is 1. The molecule has 1 fully saturated rings. The molecule has 1 atom stereocenters. The lowest BCUT2D eigenvalue weighted by Gasteiger charge is -2.30. The molecule has 0 spiro atoms. The van der Waals surface area contributed by atoms with Crippen molar-refractivity contribution in [1.29, 1.82) is 0 Å². The average Bonchev–Trinajstić information content (AvgIpc) is 2.43. The molecule has 1 aromatic heterocycles. The summed E-state index contributed by atoms with van der Waals surface area (Å²) in [7, 11) is 1.84. The third kappa shape index (κ3) is 2.52. The van der Waals surface area contributed by atoms with Gasteiger partial charge in [0.1, 0.15) is 5.82 Å². The van der Waals surface area contributed by atoms with Crippen molar-refractivity contribution in [2.75, 3.05) is 24.6 Å². The molecule has 20 heavy (non-hydrogen) atoms. The Bertz CT molecular complexity index is 655. The fourth-order valence-electron chi connectivity index (χ4n) is 2.56. The topological polar surface area (TPSA) is 71.2 Å². The second-order valence-corrected chi connectivity index (χ2v) is 5.30. The van der Waals surface area contributed by atoms with Gasteiger partial charge in [0, 0.05) is 37.1 Å². The van der Waals surface area contributed by atoms with Gasteiger partial charge < -0.3 is 16.0 Å². The first-order valence-electron chi connectivity index (χ1n) is 6.78. The number of hydrogen-bond acceptors (Lipinski definition) is 4. The molecule has 0 aliphatic carbocycles. The molecule has 1 aliphatic heterocycles. The van der Waals surface area contributed by atoms with Crippen LogP contribution in [0.5, 0.6) is 0 Å². The van der Waals surface area contributed by atoms with Gasteiger partial charge >= 0.3 is 0 Å². The highest BCUT2D eigenvalue weighted by Gasteiger charge is 2.22. The first-order chi connectivity index (χ1) is 9.61. The fraction of sp³-hybridized carbons (Fsp3) is 0.333. The number of likely N-dealkylation sites (tertiary alicyclic amines) is 1. The van der Waals surface area contributed by atoms with Gasteiger partial charge in [-0.3, -0.25) is 4.79 Å². The SMILES string of the molecule is CN1CC(Nc2ccc3cc(N)ccc3n2)CCC1=O. The summed E-state index contributed by atoms with van der Waals surface area (Å²) in [6, 6.07) is 9.92. The number of benzene rings is 1. The number of likely N-dealkylation sites (N-methyl/N-ethyl adjacent to an activating group) is 1. The van der Waals surface area contributed by atoms with Crippen molar-refractivity contribution in [3.8, 4) is 0 Å². The van der Waals surface area contributed by atoms with E-state index in [4.69, 9.17) is 5.73 Å². The summed E-state index contributed by atoms with van der Waals surface area (Å²) in [5, 5.41) is 4.44. The zero-order valence-corrected chi connectivity index (χ0v) is 11.5. The summed E-state index contributed by atoms with van der Waals surface area (Å²) in [5.74, 6) is 1.06. The fourth-order valence-corrected chi connectivity index (χ4v) is 2.56. The van der Waals surface area contributed by atoms with Crippen molar-refractivity contribution in [3.63, 3.8) is 0 Å². The summed E-state index contributed by atoms with van der Waals surface area (Å²) in [5.41, 5.74) is 7.42. The molecule has 3 rings (SSSR count). The highest BCUT2D eigenvalue weighted by atomic mass is 16.2. The number of amides is 1. The average molecular weight is 270 g/mol. The Hall–Kier alpha value is -2.30. The van der Waals surface area contributed by atoms with Crippen LogP contribution in [0.3, 0.4) is 0 Å². The summed E-state index contributed by atoms with van der Waals surface area (Å²) < 4.78 is 0. The number of nitrogen functional groups attached to an aromatic ring is 1. The largest absolute Gasteiger partial charge is 0.399 e. The van der Waals surface area contributed by atoms with Gasteiger partial charge in [0.05, 0.1) is 5.52 Å². The van der Waals surface area contributed by atoms with Crippen molar-refractivity contribution >= 4 is 28.3 Å². The van der Waals surface area contributed by atoms with E-state index in [2.05, 4.69) is 10.3 Å². The summed E-state index contributed by atoms with van der Waals surface area (Å²) in [6.07, 6.45) is 1.45. The Morgan fingerprint density at radius 3 is 3.00 bits per heavy atom. The second-order valence-electron chi connectivity index (χ2n) is 5.30. The molecule has 0 radical (unpaired) electrons. The Morgan fingerprint density at radius 2 is 2.20 bits per heavy atom. The Balaban J connectivity index is 1.77. The van der Waals surface area contributed by atoms with Gasteiger partial charge in [-0.25, -0.2) is 4.98 Å². The summed E-state index contributed by atoms with van der Waals surface area (Å²) in [4.78, 5) is 17.8. The zero-order chi connectivity index (χ0) is 14.1. The van der Waals surface area contributed by atoms with Crippen LogP contribution in [-0.4, -0.2) is 35.4 Å². The van der Waals surface area contributed by atoms with Crippen LogP contribution in [0.2, 0.25) is 0 Å². The molecule has 1 unspecified atom stereocenters. The van der Waals surface area contributed by atoms with Crippen molar-refractivity contribution in [2.45, 2.75) is 18.9 Å². The molecule has 5 nitrogen and oxygen atoms in total. The van der Waals surface area contributed by atoms with Gasteiger partial charge in [0.15, 0.2) is 0 Å². The first-order valence-corrected chi connectivity index (χ1v) is 6.78. The molecule has 2 heterocycles. The third-order valence-electron chi connectivity index (χ3n) is 3.69. The normalized spacial score (nSPS) is 19.4. The van der Waals surface area contributed by atoms with Crippen LogP contribution >= 0.6 is 0 Å². The van der Waals surface area contributed by atoms with E-state index in [1.165, 1.54) is 0 Å². The lowest BCUT2D eigenvalue weighted by atomic mass is 10.1. The minimum absolute atomic E-state index is 0.213. The molecule has 104 valence electrons. The van der Waals surface area contributed by atoms with Gasteiger partial charge in [-0.15, -0.1) is 0 Å². The van der Waals surface area contributed by atoms with Crippen molar-refractivity contribution in [3.05, 3.63) is 30.3 Å². The quantitative estimate of drug-likeness (QED) is 0.817. The molecule has 1 aromatic carbocycles. The molecule has 1 aliphatic rings. The van der Waals surface area contributed by atoms with Crippen LogP contribution in [0.1, 0.15) is 12.8 Å². The van der Waals surface area contributed by atoms with Crippen molar-refractivity contribution in [1.82, 2.24) is 9.88 Å². The van der Waals surface area contributed by atoms with E-state index >= 15 is 0 Å². The van der Waals surface area contributed by atoms with Gasteiger partial charge in [-0.2, -0.15) is 0 Å². The molecule has 5 heteroatoms. The molecule has 1 saturated heterocycles. The predicted molar refractivity (Wildman–Crippen MR) is 80.4 cm³/mol. The number of hydrogen-bond donors (Lipinski definition) is 2. The van der Waals surface area contributed by atoms with Crippen LogP contribution in [0.25, 0.3) is 10.9 Å². The number of pyridine rings is 1. The molecular formula is C15H18N4O. The van der Waals surface area contributed by atoms with E-state index in [1.807, 2.05) is 37.4 Å². The van der Waals surface area contributed by atoms with Crippen LogP contribution in [0.4, 0.5) is 11.5 Å². The van der Waals surface area contributed by atoms with Crippen LogP contribution in [0.15, 0.2) is 30.3 Å². The maximum Gasteiger partial charge on any atom is 0.222 e. The third-order valence-corrected chi connectivity index (χ3v) is 3.69. The number of nitrogens with one attached hydrogen (secondary N) is 1. The number of nitrogens with zero attached hydrogens (tertiary/aromatic N) is 2. The number of aromatic nitrogens is 1. The van der Waals surface area contributed by atoms with Crippen LogP contribution < -0.4 is 11.1 Å². The van der Waals surface area contributed by atoms with Gasteiger partial charge in [-0.05, 0) is 36.8 Å². The smallest absolute Gasteiger partial charge is 0.222 e. The van der Waals surface area contributed by atoms with Crippen LogP contribution in [0, 0.1) is 0 Å². The Kier molecular flexibility index (Phi) is 3.18. The Labute approximate surface area is 117 Å². The Morgan fingerprint density at radius 1 is 1.35 bits per heavy atom. The summed E-state index contributed by atoms with van der Waals surface area (Å²) >= 11 is 0. The van der Waals surface area contributed by atoms with Crippen molar-refractivity contribution < 1.29 is 4.79 Å². The standard InChI is InChI=1S/C15H18N4O/c1-19-9-12(4-7-15(19)20)17-14-6-2-10-8-11(16)3-5-13(10)18-14/h2-3,5-6,8,12H,4,7,9,16H2,1H3,(H,17,18). The lowest BCUT2D eigenvalue weighted by molar-refractivity contribution is -0.132. The molecule has 0 bridgehead atoms. The molecule has 1 amide bonds. The minimum atomic E-state index is 0.213. The number of nitrogens with two attached hydrogens (primary N) is 1. The van der Waals surface area contributed by atoms with E-state index in [-0.39, 0.29) is 11.9 Å². The highest BCUT2D eigenvalue weighted by molar-refractivity contribution is 5.83. The zero-order valence-electron chi connectivity index (χ0n) is 11.5. The number of carbonyl (C=O) groups excluding carboxylic acids is 1. The highest BCUT2D eigenvalue weighted by Crippen LogP contribution is 2.20. The maximum absolute atomic E-state index is 11.5. The van der Waals surface area contributed by atoms with E-state index in [1.54, 1.807) is 4.90 Å². The molecule has 3 N–H and O–H groups in total. The molecular weight excluding hydrogens is 252 g/mol. The van der Waals surface area contributed by atoms with E-state index in [9.17, 15) is 4.79 Å². The summed E-state index contributed by atoms with van der Waals surface area (Å²) in [6.45, 7) is 0.723. The van der Waals surface area contributed by atoms with E-state index in [0.717, 1.165) is 35.4 Å². The molecule has 2 aromatic rings. The van der Waals surface area contributed by atoms with E-state index in [0.29, 0.717) is 6.42 Å². The number of carbonyl (C=O) groups is 1. The van der Waals surface area contributed by atoms with Gasteiger partial charge in [0.2, 0.25) is 5.91 Å². The number of anilines is 2. The molecule has 0 saturated carbocycles. The predicted octanol–water partition coefficient (Wildman–Crippen LogP) is 1.85. The van der Waals surface area contributed by atoms with Crippen molar-refractivity contribution in [2.24, 2.45) is 0 Å². The van der Waals surface area contributed by atoms with Crippen LogP contribution in [-0.2, 0) is 4.79 Å². The minimum Gasteiger partial charge on any atom is -0.399 e. The van der Waals surface area contributed by atoms with E-state index < -0.39 is 0 Å².